The number of benzene rings is 1. The van der Waals surface area contributed by atoms with E-state index in [1.807, 2.05) is 0 Å². The number of amides is 1. The topological polar surface area (TPSA) is 75.3 Å². The molecule has 8 heteroatoms. The van der Waals surface area contributed by atoms with Crippen molar-refractivity contribution in [3.8, 4) is 0 Å². The molecular formula is C14H20ClFN2O3S. The predicted molar refractivity (Wildman–Crippen MR) is 86.7 cm³/mol. The third kappa shape index (κ3) is 3.59. The van der Waals surface area contributed by atoms with Gasteiger partial charge in [0.25, 0.3) is 0 Å². The van der Waals surface area contributed by atoms with E-state index in [0.717, 1.165) is 6.26 Å². The fourth-order valence-electron chi connectivity index (χ4n) is 2.56. The maximum Gasteiger partial charge on any atom is 0.245 e. The van der Waals surface area contributed by atoms with E-state index in [4.69, 9.17) is 0 Å². The molecule has 0 spiro atoms. The number of anilines is 1. The molecule has 0 aromatic heterocycles. The van der Waals surface area contributed by atoms with Crippen molar-refractivity contribution in [2.24, 2.45) is 0 Å². The summed E-state index contributed by atoms with van der Waals surface area (Å²) >= 11 is 0. The molecule has 0 radical (unpaired) electrons. The van der Waals surface area contributed by atoms with Gasteiger partial charge in [-0.05, 0) is 56.6 Å². The van der Waals surface area contributed by atoms with Crippen LogP contribution >= 0.6 is 12.4 Å². The van der Waals surface area contributed by atoms with E-state index in [1.54, 1.807) is 6.92 Å². The number of piperidine rings is 1. The first-order chi connectivity index (χ1) is 9.76. The van der Waals surface area contributed by atoms with Gasteiger partial charge >= 0.3 is 0 Å². The second-order valence-corrected chi connectivity index (χ2v) is 7.76. The highest BCUT2D eigenvalue weighted by Crippen LogP contribution is 2.29. The number of halogens is 2. The largest absolute Gasteiger partial charge is 0.325 e. The molecular weight excluding hydrogens is 331 g/mol. The molecule has 124 valence electrons. The van der Waals surface area contributed by atoms with Gasteiger partial charge < -0.3 is 10.6 Å². The number of hydrogen-bond acceptors (Lipinski definition) is 4. The van der Waals surface area contributed by atoms with Gasteiger partial charge in [-0.15, -0.1) is 12.4 Å². The van der Waals surface area contributed by atoms with Crippen LogP contribution in [-0.2, 0) is 14.6 Å². The smallest absolute Gasteiger partial charge is 0.245 e. The number of sulfone groups is 1. The Hall–Kier alpha value is -1.18. The zero-order chi connectivity index (χ0) is 15.7. The number of nitrogens with one attached hydrogen (secondary N) is 2. The molecule has 0 saturated carbocycles. The molecule has 1 aliphatic rings. The Morgan fingerprint density at radius 1 is 1.32 bits per heavy atom. The van der Waals surface area contributed by atoms with E-state index in [1.165, 1.54) is 18.2 Å². The van der Waals surface area contributed by atoms with Crippen molar-refractivity contribution in [1.29, 1.82) is 0 Å². The van der Waals surface area contributed by atoms with E-state index < -0.39 is 20.5 Å². The molecule has 0 atom stereocenters. The first-order valence-electron chi connectivity index (χ1n) is 6.74. The Morgan fingerprint density at radius 3 is 2.41 bits per heavy atom. The highest BCUT2D eigenvalue weighted by Gasteiger charge is 2.48. The SMILES string of the molecule is Cc1cc(NC(=O)C2(S(C)(=O)=O)CCNCC2)ccc1F.Cl. The van der Waals surface area contributed by atoms with Gasteiger partial charge in [0.05, 0.1) is 0 Å². The van der Waals surface area contributed by atoms with Crippen molar-refractivity contribution in [3.63, 3.8) is 0 Å². The Labute approximate surface area is 136 Å². The van der Waals surface area contributed by atoms with Crippen LogP contribution in [0.5, 0.6) is 0 Å². The second-order valence-electron chi connectivity index (χ2n) is 5.43. The Kier molecular flexibility index (Phi) is 5.95. The van der Waals surface area contributed by atoms with E-state index in [2.05, 4.69) is 10.6 Å². The molecule has 0 aliphatic carbocycles. The molecule has 1 aromatic rings. The molecule has 2 N–H and O–H groups in total. The van der Waals surface area contributed by atoms with Gasteiger partial charge in [0.2, 0.25) is 5.91 Å². The highest BCUT2D eigenvalue weighted by molar-refractivity contribution is 7.92. The average Bonchev–Trinajstić information content (AvgIpc) is 2.42. The second kappa shape index (κ2) is 6.93. The van der Waals surface area contributed by atoms with Crippen LogP contribution in [0.2, 0.25) is 0 Å². The van der Waals surface area contributed by atoms with Crippen molar-refractivity contribution >= 4 is 33.8 Å². The molecule has 22 heavy (non-hydrogen) atoms. The highest BCUT2D eigenvalue weighted by atomic mass is 35.5. The lowest BCUT2D eigenvalue weighted by molar-refractivity contribution is -0.119. The Balaban J connectivity index is 0.00000242. The molecule has 1 aliphatic heterocycles. The Morgan fingerprint density at radius 2 is 1.91 bits per heavy atom. The van der Waals surface area contributed by atoms with Crippen LogP contribution in [0.15, 0.2) is 18.2 Å². The molecule has 1 amide bonds. The number of aryl methyl sites for hydroxylation is 1. The lowest BCUT2D eigenvalue weighted by atomic mass is 9.95. The summed E-state index contributed by atoms with van der Waals surface area (Å²) < 4.78 is 36.0. The summed E-state index contributed by atoms with van der Waals surface area (Å²) in [5, 5.41) is 5.67. The zero-order valence-corrected chi connectivity index (χ0v) is 14.1. The standard InChI is InChI=1S/C14H19FN2O3S.ClH/c1-10-9-11(3-4-12(10)15)17-13(18)14(21(2,19)20)5-7-16-8-6-14;/h3-4,9,16H,5-8H2,1-2H3,(H,17,18);1H. The van der Waals surface area contributed by atoms with Crippen molar-refractivity contribution in [1.82, 2.24) is 5.32 Å². The predicted octanol–water partition coefficient (Wildman–Crippen LogP) is 1.66. The van der Waals surface area contributed by atoms with Crippen molar-refractivity contribution in [2.45, 2.75) is 24.5 Å². The summed E-state index contributed by atoms with van der Waals surface area (Å²) in [6, 6.07) is 4.17. The number of rotatable bonds is 3. The lowest BCUT2D eigenvalue weighted by Crippen LogP contribution is -2.55. The molecule has 2 rings (SSSR count). The van der Waals surface area contributed by atoms with E-state index in [9.17, 15) is 17.6 Å². The summed E-state index contributed by atoms with van der Waals surface area (Å²) in [5.41, 5.74) is 0.798. The number of hydrogen-bond donors (Lipinski definition) is 2. The number of carbonyl (C=O) groups excluding carboxylic acids is 1. The van der Waals surface area contributed by atoms with Crippen LogP contribution < -0.4 is 10.6 Å². The summed E-state index contributed by atoms with van der Waals surface area (Å²) in [7, 11) is -3.55. The van der Waals surface area contributed by atoms with Crippen LogP contribution in [-0.4, -0.2) is 38.4 Å². The van der Waals surface area contributed by atoms with Crippen molar-refractivity contribution in [3.05, 3.63) is 29.6 Å². The first kappa shape index (κ1) is 18.9. The molecule has 1 saturated heterocycles. The summed E-state index contributed by atoms with van der Waals surface area (Å²) in [6.07, 6.45) is 1.56. The molecule has 1 heterocycles. The van der Waals surface area contributed by atoms with Gasteiger partial charge in [-0.3, -0.25) is 4.79 Å². The van der Waals surface area contributed by atoms with Crippen LogP contribution in [0.25, 0.3) is 0 Å². The fourth-order valence-corrected chi connectivity index (χ4v) is 3.90. The molecule has 0 unspecified atom stereocenters. The van der Waals surface area contributed by atoms with Gasteiger partial charge in [-0.25, -0.2) is 12.8 Å². The van der Waals surface area contributed by atoms with Gasteiger partial charge in [0, 0.05) is 11.9 Å². The van der Waals surface area contributed by atoms with Crippen LogP contribution in [0, 0.1) is 12.7 Å². The minimum absolute atomic E-state index is 0. The van der Waals surface area contributed by atoms with E-state index in [-0.39, 0.29) is 31.1 Å². The quantitative estimate of drug-likeness (QED) is 0.869. The minimum atomic E-state index is -3.55. The van der Waals surface area contributed by atoms with Crippen molar-refractivity contribution in [2.75, 3.05) is 24.7 Å². The normalized spacial score (nSPS) is 17.4. The van der Waals surface area contributed by atoms with Crippen molar-refractivity contribution < 1.29 is 17.6 Å². The third-order valence-corrected chi connectivity index (χ3v) is 5.96. The minimum Gasteiger partial charge on any atom is -0.325 e. The average molecular weight is 351 g/mol. The molecule has 5 nitrogen and oxygen atoms in total. The molecule has 1 fully saturated rings. The Bertz CT molecular complexity index is 658. The van der Waals surface area contributed by atoms with Crippen LogP contribution in [0.1, 0.15) is 18.4 Å². The molecule has 0 bridgehead atoms. The van der Waals surface area contributed by atoms with Crippen LogP contribution in [0.4, 0.5) is 10.1 Å². The van der Waals surface area contributed by atoms with Gasteiger partial charge in [0.1, 0.15) is 5.82 Å². The van der Waals surface area contributed by atoms with Gasteiger partial charge in [0.15, 0.2) is 14.6 Å². The monoisotopic (exact) mass is 350 g/mol. The van der Waals surface area contributed by atoms with Gasteiger partial charge in [-0.1, -0.05) is 0 Å². The van der Waals surface area contributed by atoms with Crippen LogP contribution in [0.3, 0.4) is 0 Å². The van der Waals surface area contributed by atoms with E-state index in [0.29, 0.717) is 24.3 Å². The maximum absolute atomic E-state index is 13.2. The summed E-state index contributed by atoms with van der Waals surface area (Å²) in [5.74, 6) is -0.912. The fraction of sp³-hybridized carbons (Fsp3) is 0.500. The third-order valence-electron chi connectivity index (χ3n) is 3.95. The summed E-state index contributed by atoms with van der Waals surface area (Å²) in [6.45, 7) is 2.54. The first-order valence-corrected chi connectivity index (χ1v) is 8.63. The zero-order valence-electron chi connectivity index (χ0n) is 12.5. The maximum atomic E-state index is 13.2. The molecule has 1 aromatic carbocycles. The summed E-state index contributed by atoms with van der Waals surface area (Å²) in [4.78, 5) is 12.5. The van der Waals surface area contributed by atoms with E-state index >= 15 is 0 Å². The lowest BCUT2D eigenvalue weighted by Gasteiger charge is -2.34. The number of carbonyl (C=O) groups is 1. The van der Waals surface area contributed by atoms with Gasteiger partial charge in [-0.2, -0.15) is 0 Å².